The molecule has 0 aliphatic rings. The highest BCUT2D eigenvalue weighted by atomic mass is 19.1. The molecule has 0 saturated heterocycles. The van der Waals surface area contributed by atoms with Crippen LogP contribution >= 0.6 is 0 Å². The van der Waals surface area contributed by atoms with Crippen LogP contribution in [0.4, 0.5) is 4.39 Å². The molecule has 0 fully saturated rings. The molecule has 8 nitrogen and oxygen atoms in total. The molecule has 164 valence electrons. The van der Waals surface area contributed by atoms with Crippen LogP contribution < -0.4 is 5.56 Å². The van der Waals surface area contributed by atoms with Gasteiger partial charge in [-0.2, -0.15) is 14.9 Å². The maximum absolute atomic E-state index is 15.0. The van der Waals surface area contributed by atoms with Crippen molar-refractivity contribution in [2.75, 3.05) is 0 Å². The predicted molar refractivity (Wildman–Crippen MR) is 116 cm³/mol. The van der Waals surface area contributed by atoms with Gasteiger partial charge in [-0.05, 0) is 35.2 Å². The largest absolute Gasteiger partial charge is 0.478 e. The molecule has 0 radical (unpaired) electrons. The summed E-state index contributed by atoms with van der Waals surface area (Å²) in [6.45, 7) is 5.37. The topological polar surface area (TPSA) is 110 Å². The molecule has 9 heteroatoms. The van der Waals surface area contributed by atoms with Gasteiger partial charge in [0.15, 0.2) is 0 Å². The Bertz CT molecular complexity index is 1420. The van der Waals surface area contributed by atoms with Crippen molar-refractivity contribution in [3.05, 3.63) is 81.8 Å². The van der Waals surface area contributed by atoms with Crippen molar-refractivity contribution in [1.82, 2.24) is 19.6 Å². The average molecular weight is 436 g/mol. The number of nitrogens with zero attached hydrogens (tertiary/aromatic N) is 4. The van der Waals surface area contributed by atoms with E-state index in [2.05, 4.69) is 10.2 Å². The molecule has 32 heavy (non-hydrogen) atoms. The molecule has 0 saturated carbocycles. The van der Waals surface area contributed by atoms with Crippen LogP contribution in [-0.4, -0.2) is 35.7 Å². The van der Waals surface area contributed by atoms with Gasteiger partial charge >= 0.3 is 5.97 Å². The van der Waals surface area contributed by atoms with Crippen LogP contribution in [-0.2, 0) is 12.0 Å². The molecule has 0 atom stereocenters. The number of benzene rings is 2. The summed E-state index contributed by atoms with van der Waals surface area (Å²) in [6, 6.07) is 7.91. The number of hydrogen-bond donors (Lipinski definition) is 2. The second kappa shape index (κ2) is 7.69. The Morgan fingerprint density at radius 3 is 2.47 bits per heavy atom. The summed E-state index contributed by atoms with van der Waals surface area (Å²) in [5, 5.41) is 27.7. The number of halogens is 1. The first-order valence-corrected chi connectivity index (χ1v) is 9.85. The summed E-state index contributed by atoms with van der Waals surface area (Å²) in [6.07, 6.45) is 3.89. The molecule has 0 unspecified atom stereocenters. The Hall–Kier alpha value is -3.85. The van der Waals surface area contributed by atoms with Crippen LogP contribution in [0.25, 0.3) is 22.1 Å². The second-order valence-electron chi connectivity index (χ2n) is 8.45. The van der Waals surface area contributed by atoms with Crippen LogP contribution in [0.1, 0.15) is 42.3 Å². The third kappa shape index (κ3) is 3.56. The van der Waals surface area contributed by atoms with E-state index in [1.54, 1.807) is 24.3 Å². The van der Waals surface area contributed by atoms with Gasteiger partial charge in [-0.1, -0.05) is 26.8 Å². The van der Waals surface area contributed by atoms with Crippen molar-refractivity contribution in [3.8, 4) is 11.4 Å². The van der Waals surface area contributed by atoms with Gasteiger partial charge in [-0.3, -0.25) is 4.79 Å². The van der Waals surface area contributed by atoms with E-state index in [0.717, 1.165) is 10.2 Å². The summed E-state index contributed by atoms with van der Waals surface area (Å²) < 4.78 is 17.3. The quantitative estimate of drug-likeness (QED) is 0.508. The van der Waals surface area contributed by atoms with E-state index in [-0.39, 0.29) is 27.6 Å². The molecule has 2 N–H and O–H groups in total. The summed E-state index contributed by atoms with van der Waals surface area (Å²) >= 11 is 0. The minimum absolute atomic E-state index is 0.0305. The number of aliphatic hydroxyl groups is 1. The fourth-order valence-corrected chi connectivity index (χ4v) is 3.54. The van der Waals surface area contributed by atoms with Crippen molar-refractivity contribution >= 4 is 16.7 Å². The van der Waals surface area contributed by atoms with Gasteiger partial charge in [-0.25, -0.2) is 13.9 Å². The molecule has 0 bridgehead atoms. The Morgan fingerprint density at radius 2 is 1.84 bits per heavy atom. The van der Waals surface area contributed by atoms with E-state index in [1.165, 1.54) is 29.3 Å². The van der Waals surface area contributed by atoms with Gasteiger partial charge in [0, 0.05) is 17.1 Å². The first kappa shape index (κ1) is 21.4. The molecule has 0 amide bonds. The van der Waals surface area contributed by atoms with Gasteiger partial charge in [0.2, 0.25) is 0 Å². The van der Waals surface area contributed by atoms with E-state index in [0.29, 0.717) is 11.1 Å². The number of aromatic carboxylic acids is 1. The normalized spacial score (nSPS) is 11.8. The van der Waals surface area contributed by atoms with Gasteiger partial charge < -0.3 is 10.2 Å². The highest BCUT2D eigenvalue weighted by Crippen LogP contribution is 2.27. The highest BCUT2D eigenvalue weighted by Gasteiger charge is 2.20. The van der Waals surface area contributed by atoms with E-state index in [1.807, 2.05) is 20.8 Å². The van der Waals surface area contributed by atoms with Crippen molar-refractivity contribution in [2.45, 2.75) is 32.8 Å². The Kier molecular flexibility index (Phi) is 5.14. The van der Waals surface area contributed by atoms with Gasteiger partial charge in [0.05, 0.1) is 41.3 Å². The van der Waals surface area contributed by atoms with E-state index >= 15 is 0 Å². The first-order chi connectivity index (χ1) is 15.1. The second-order valence-corrected chi connectivity index (χ2v) is 8.45. The van der Waals surface area contributed by atoms with Crippen LogP contribution in [0.3, 0.4) is 0 Å². The minimum atomic E-state index is -1.14. The molecule has 4 aromatic rings. The molecule has 0 aliphatic carbocycles. The fourth-order valence-electron chi connectivity index (χ4n) is 3.54. The average Bonchev–Trinajstić information content (AvgIpc) is 3.23. The summed E-state index contributed by atoms with van der Waals surface area (Å²) in [5.41, 5.74) is 0.635. The number of aromatic nitrogens is 4. The third-order valence-electron chi connectivity index (χ3n) is 5.29. The molecule has 2 aromatic carbocycles. The molecule has 2 aromatic heterocycles. The summed E-state index contributed by atoms with van der Waals surface area (Å²) in [7, 11) is 0. The van der Waals surface area contributed by atoms with E-state index in [9.17, 15) is 19.1 Å². The smallest absolute Gasteiger partial charge is 0.338 e. The predicted octanol–water partition coefficient (Wildman–Crippen LogP) is 3.20. The minimum Gasteiger partial charge on any atom is -0.478 e. The maximum atomic E-state index is 15.0. The van der Waals surface area contributed by atoms with E-state index < -0.39 is 24.0 Å². The summed E-state index contributed by atoms with van der Waals surface area (Å²) in [4.78, 5) is 24.4. The zero-order valence-corrected chi connectivity index (χ0v) is 17.7. The number of carboxylic acids is 1. The maximum Gasteiger partial charge on any atom is 0.338 e. The Balaban J connectivity index is 1.93. The SMILES string of the molecule is CC(C)(C)c1cc(F)c2c(=O)n(-c3cccc(-n4cc(C(=O)O)cn4)c3CO)ncc2c1. The molecule has 4 rings (SSSR count). The number of carboxylic acid groups (broad SMARTS) is 1. The summed E-state index contributed by atoms with van der Waals surface area (Å²) in [5.74, 6) is -1.79. The molecule has 2 heterocycles. The molecular weight excluding hydrogens is 415 g/mol. The lowest BCUT2D eigenvalue weighted by Crippen LogP contribution is -2.24. The molecule has 0 aliphatic heterocycles. The van der Waals surface area contributed by atoms with Crippen LogP contribution in [0.5, 0.6) is 0 Å². The van der Waals surface area contributed by atoms with Crippen LogP contribution in [0.2, 0.25) is 0 Å². The zero-order chi connectivity index (χ0) is 23.2. The lowest BCUT2D eigenvalue weighted by atomic mass is 9.86. The third-order valence-corrected chi connectivity index (χ3v) is 5.29. The van der Waals surface area contributed by atoms with Crippen molar-refractivity contribution in [1.29, 1.82) is 0 Å². The zero-order valence-electron chi connectivity index (χ0n) is 17.7. The standard InChI is InChI=1S/C23H21FN4O4/c1-23(2,3)15-7-13-9-26-28(21(30)20(13)17(24)8-15)19-6-4-5-18(16(19)12-29)27-11-14(10-25-27)22(31)32/h4-11,29H,12H2,1-3H3,(H,31,32). The Morgan fingerprint density at radius 1 is 1.12 bits per heavy atom. The highest BCUT2D eigenvalue weighted by molar-refractivity contribution is 5.87. The van der Waals surface area contributed by atoms with Crippen molar-refractivity contribution < 1.29 is 19.4 Å². The van der Waals surface area contributed by atoms with Gasteiger partial charge in [-0.15, -0.1) is 0 Å². The lowest BCUT2D eigenvalue weighted by molar-refractivity contribution is 0.0697. The first-order valence-electron chi connectivity index (χ1n) is 9.85. The monoisotopic (exact) mass is 436 g/mol. The van der Waals surface area contributed by atoms with Gasteiger partial charge in [0.25, 0.3) is 5.56 Å². The van der Waals surface area contributed by atoms with Crippen LogP contribution in [0, 0.1) is 5.82 Å². The van der Waals surface area contributed by atoms with Crippen LogP contribution in [0.15, 0.2) is 53.7 Å². The molecule has 0 spiro atoms. The van der Waals surface area contributed by atoms with E-state index in [4.69, 9.17) is 5.11 Å². The number of carbonyl (C=O) groups is 1. The number of fused-ring (bicyclic) bond motifs is 1. The number of hydrogen-bond acceptors (Lipinski definition) is 5. The Labute approximate surface area is 182 Å². The lowest BCUT2D eigenvalue weighted by Gasteiger charge is -2.20. The number of aliphatic hydroxyl groups excluding tert-OH is 1. The number of rotatable bonds is 4. The molecular formula is C23H21FN4O4. The van der Waals surface area contributed by atoms with Crippen molar-refractivity contribution in [3.63, 3.8) is 0 Å². The van der Waals surface area contributed by atoms with Crippen molar-refractivity contribution in [2.24, 2.45) is 0 Å². The fraction of sp³-hybridized carbons (Fsp3) is 0.217. The van der Waals surface area contributed by atoms with Gasteiger partial charge in [0.1, 0.15) is 5.82 Å².